The number of benzene rings is 10. The SMILES string of the molecule is c1ccc(-n2c3ccccc3c3cc(-c4ccc(-c5ccc6c(c5)c5ccccc5n6-c5ccc(-c6cc7ccccc7c7ccccc67)cc5)cc4)ccc32)cc1. The van der Waals surface area contributed by atoms with Gasteiger partial charge in [0, 0.05) is 32.9 Å². The molecule has 0 spiro atoms. The quantitative estimate of drug-likeness (QED) is 0.156. The molecule has 0 saturated carbocycles. The van der Waals surface area contributed by atoms with Crippen LogP contribution in [0.4, 0.5) is 0 Å². The molecule has 10 aromatic carbocycles. The number of nitrogens with zero attached hydrogens (tertiary/aromatic N) is 2. The minimum absolute atomic E-state index is 1.15. The normalized spacial score (nSPS) is 11.8. The van der Waals surface area contributed by atoms with Crippen molar-refractivity contribution >= 4 is 65.2 Å². The maximum absolute atomic E-state index is 2.41. The molecule has 2 nitrogen and oxygen atoms in total. The van der Waals surface area contributed by atoms with Crippen LogP contribution in [0.2, 0.25) is 0 Å². The van der Waals surface area contributed by atoms with Crippen molar-refractivity contribution in [2.45, 2.75) is 0 Å². The van der Waals surface area contributed by atoms with Gasteiger partial charge in [-0.2, -0.15) is 0 Å². The standard InChI is InChI=1S/C56H36N2/c1-2-13-43(14-3-1)57-53-20-10-8-18-48(53)51-34-40(28-32-55(51)57)37-22-24-38(25-23-37)41-29-33-56-52(35-41)49-19-9-11-21-54(49)58(56)44-30-26-39(27-31-44)50-36-42-12-4-5-15-45(42)46-16-6-7-17-47(46)50/h1-36H. The Kier molecular flexibility index (Phi) is 7.26. The van der Waals surface area contributed by atoms with Crippen molar-refractivity contribution in [1.29, 1.82) is 0 Å². The average Bonchev–Trinajstić information content (AvgIpc) is 3.81. The summed E-state index contributed by atoms with van der Waals surface area (Å²) < 4.78 is 4.78. The van der Waals surface area contributed by atoms with Gasteiger partial charge >= 0.3 is 0 Å². The highest BCUT2D eigenvalue weighted by Crippen LogP contribution is 2.39. The van der Waals surface area contributed by atoms with E-state index in [0.29, 0.717) is 0 Å². The molecule has 0 amide bonds. The fourth-order valence-electron chi connectivity index (χ4n) is 9.38. The lowest BCUT2D eigenvalue weighted by molar-refractivity contribution is 1.18. The molecule has 0 fully saturated rings. The summed E-state index contributed by atoms with van der Waals surface area (Å²) >= 11 is 0. The molecule has 0 atom stereocenters. The molecular weight excluding hydrogens is 701 g/mol. The van der Waals surface area contributed by atoms with E-state index in [1.54, 1.807) is 0 Å². The Hall–Kier alpha value is -7.68. The highest BCUT2D eigenvalue weighted by atomic mass is 15.0. The molecule has 2 heteroatoms. The van der Waals surface area contributed by atoms with Crippen molar-refractivity contribution in [3.8, 4) is 44.8 Å². The number of hydrogen-bond donors (Lipinski definition) is 0. The van der Waals surface area contributed by atoms with Gasteiger partial charge in [0.1, 0.15) is 0 Å². The fourth-order valence-corrected chi connectivity index (χ4v) is 9.38. The van der Waals surface area contributed by atoms with Gasteiger partial charge in [-0.25, -0.2) is 0 Å². The second kappa shape index (κ2) is 12.9. The van der Waals surface area contributed by atoms with Gasteiger partial charge in [0.05, 0.1) is 22.1 Å². The number of hydrogen-bond acceptors (Lipinski definition) is 0. The van der Waals surface area contributed by atoms with Crippen LogP contribution in [0.5, 0.6) is 0 Å². The zero-order chi connectivity index (χ0) is 38.2. The van der Waals surface area contributed by atoms with Crippen LogP contribution in [-0.2, 0) is 0 Å². The molecule has 270 valence electrons. The molecule has 2 heterocycles. The fraction of sp³-hybridized carbons (Fsp3) is 0. The molecule has 0 saturated heterocycles. The van der Waals surface area contributed by atoms with Gasteiger partial charge in [0.15, 0.2) is 0 Å². The molecule has 0 unspecified atom stereocenters. The van der Waals surface area contributed by atoms with Crippen molar-refractivity contribution < 1.29 is 0 Å². The summed E-state index contributed by atoms with van der Waals surface area (Å²) in [6.07, 6.45) is 0. The highest BCUT2D eigenvalue weighted by Gasteiger charge is 2.16. The first-order valence-corrected chi connectivity index (χ1v) is 20.0. The van der Waals surface area contributed by atoms with Crippen LogP contribution in [0, 0.1) is 0 Å². The predicted octanol–water partition coefficient (Wildman–Crippen LogP) is 15.2. The second-order valence-corrected chi connectivity index (χ2v) is 15.3. The van der Waals surface area contributed by atoms with Gasteiger partial charge in [0.2, 0.25) is 0 Å². The molecule has 2 aromatic heterocycles. The van der Waals surface area contributed by atoms with Crippen molar-refractivity contribution in [1.82, 2.24) is 9.13 Å². The van der Waals surface area contributed by atoms with Crippen LogP contribution < -0.4 is 0 Å². The molecule has 0 aliphatic rings. The van der Waals surface area contributed by atoms with Crippen molar-refractivity contribution in [2.24, 2.45) is 0 Å². The van der Waals surface area contributed by atoms with Gasteiger partial charge in [0.25, 0.3) is 0 Å². The van der Waals surface area contributed by atoms with Gasteiger partial charge < -0.3 is 9.13 Å². The van der Waals surface area contributed by atoms with Crippen molar-refractivity contribution in [2.75, 3.05) is 0 Å². The molecule has 12 rings (SSSR count). The summed E-state index contributed by atoms with van der Waals surface area (Å²) in [6, 6.07) is 79.9. The van der Waals surface area contributed by atoms with E-state index < -0.39 is 0 Å². The number of aromatic nitrogens is 2. The van der Waals surface area contributed by atoms with Crippen LogP contribution in [0.3, 0.4) is 0 Å². The molecule has 58 heavy (non-hydrogen) atoms. The summed E-state index contributed by atoms with van der Waals surface area (Å²) in [4.78, 5) is 0. The Labute approximate surface area is 336 Å². The maximum Gasteiger partial charge on any atom is 0.0541 e. The van der Waals surface area contributed by atoms with E-state index in [1.165, 1.54) is 104 Å². The zero-order valence-corrected chi connectivity index (χ0v) is 31.7. The third-order valence-corrected chi connectivity index (χ3v) is 12.1. The van der Waals surface area contributed by atoms with Crippen LogP contribution in [0.15, 0.2) is 218 Å². The summed E-state index contributed by atoms with van der Waals surface area (Å²) in [5.74, 6) is 0. The number of rotatable bonds is 5. The average molecular weight is 737 g/mol. The third kappa shape index (κ3) is 5.05. The number of para-hydroxylation sites is 3. The van der Waals surface area contributed by atoms with Gasteiger partial charge in [-0.05, 0) is 122 Å². The first kappa shape index (κ1) is 32.6. The largest absolute Gasteiger partial charge is 0.309 e. The van der Waals surface area contributed by atoms with E-state index in [1.807, 2.05) is 0 Å². The van der Waals surface area contributed by atoms with E-state index in [4.69, 9.17) is 0 Å². The minimum atomic E-state index is 1.15. The van der Waals surface area contributed by atoms with Crippen LogP contribution >= 0.6 is 0 Å². The van der Waals surface area contributed by atoms with E-state index in [2.05, 4.69) is 228 Å². The smallest absolute Gasteiger partial charge is 0.0541 e. The van der Waals surface area contributed by atoms with Crippen LogP contribution in [0.25, 0.3) is 110 Å². The number of fused-ring (bicyclic) bond motifs is 9. The summed E-state index contributed by atoms with van der Waals surface area (Å²) in [6.45, 7) is 0. The van der Waals surface area contributed by atoms with Crippen molar-refractivity contribution in [3.63, 3.8) is 0 Å². The van der Waals surface area contributed by atoms with Gasteiger partial charge in [-0.1, -0.05) is 152 Å². The van der Waals surface area contributed by atoms with Crippen LogP contribution in [-0.4, -0.2) is 9.13 Å². The van der Waals surface area contributed by atoms with Crippen molar-refractivity contribution in [3.05, 3.63) is 218 Å². The Morgan fingerprint density at radius 1 is 0.224 bits per heavy atom. The lowest BCUT2D eigenvalue weighted by atomic mass is 9.93. The second-order valence-electron chi connectivity index (χ2n) is 15.3. The van der Waals surface area contributed by atoms with E-state index in [9.17, 15) is 0 Å². The Balaban J connectivity index is 0.905. The van der Waals surface area contributed by atoms with Crippen LogP contribution in [0.1, 0.15) is 0 Å². The molecule has 12 aromatic rings. The summed E-state index contributed by atoms with van der Waals surface area (Å²) in [7, 11) is 0. The summed E-state index contributed by atoms with van der Waals surface area (Å²) in [5.41, 5.74) is 14.5. The van der Waals surface area contributed by atoms with E-state index in [-0.39, 0.29) is 0 Å². The molecule has 0 N–H and O–H groups in total. The van der Waals surface area contributed by atoms with E-state index in [0.717, 1.165) is 5.69 Å². The zero-order valence-electron chi connectivity index (χ0n) is 31.7. The van der Waals surface area contributed by atoms with E-state index >= 15 is 0 Å². The monoisotopic (exact) mass is 736 g/mol. The third-order valence-electron chi connectivity index (χ3n) is 12.1. The Morgan fingerprint density at radius 3 is 1.22 bits per heavy atom. The Morgan fingerprint density at radius 2 is 0.638 bits per heavy atom. The van der Waals surface area contributed by atoms with Gasteiger partial charge in [-0.3, -0.25) is 0 Å². The minimum Gasteiger partial charge on any atom is -0.309 e. The molecule has 0 radical (unpaired) electrons. The first-order chi connectivity index (χ1) is 28.8. The topological polar surface area (TPSA) is 9.86 Å². The Bertz CT molecular complexity index is 3530. The molecule has 0 bridgehead atoms. The van der Waals surface area contributed by atoms with Gasteiger partial charge in [-0.15, -0.1) is 0 Å². The molecule has 0 aliphatic carbocycles. The summed E-state index contributed by atoms with van der Waals surface area (Å²) in [5, 5.41) is 10.2. The molecular formula is C56H36N2. The highest BCUT2D eigenvalue weighted by molar-refractivity contribution is 6.14. The first-order valence-electron chi connectivity index (χ1n) is 20.0. The predicted molar refractivity (Wildman–Crippen MR) is 246 cm³/mol. The maximum atomic E-state index is 2.41. The molecule has 0 aliphatic heterocycles. The lowest BCUT2D eigenvalue weighted by Crippen LogP contribution is -1.94. The lowest BCUT2D eigenvalue weighted by Gasteiger charge is -2.13.